The second kappa shape index (κ2) is 8.56. The highest BCUT2D eigenvalue weighted by molar-refractivity contribution is 7.92. The molecule has 0 fully saturated rings. The summed E-state index contributed by atoms with van der Waals surface area (Å²) in [6.07, 6.45) is 1.81. The molecule has 26 heavy (non-hydrogen) atoms. The molecule has 0 bridgehead atoms. The molecule has 0 aliphatic rings. The van der Waals surface area contributed by atoms with Crippen molar-refractivity contribution >= 4 is 38.9 Å². The number of hydrogen-bond acceptors (Lipinski definition) is 3. The maximum atomic E-state index is 12.1. The van der Waals surface area contributed by atoms with Crippen LogP contribution >= 0.6 is 11.6 Å². The number of carbonyl (C=O) groups excluding carboxylic acids is 1. The van der Waals surface area contributed by atoms with Gasteiger partial charge in [0.05, 0.1) is 11.9 Å². The van der Waals surface area contributed by atoms with Crippen molar-refractivity contribution in [1.29, 1.82) is 0 Å². The first-order chi connectivity index (χ1) is 12.2. The Bertz CT molecular complexity index is 880. The molecule has 7 heteroatoms. The average molecular weight is 395 g/mol. The standard InChI is InChI=1S/C19H23ClN2O3S/c1-14-6-11-18(13-15(14)2)22(26(3,24)25)12-4-5-19(23)21-17-9-7-16(20)8-10-17/h6-11,13H,4-5,12H2,1-3H3,(H,21,23). The van der Waals surface area contributed by atoms with E-state index in [1.807, 2.05) is 26.0 Å². The van der Waals surface area contributed by atoms with Crippen LogP contribution in [0.2, 0.25) is 5.02 Å². The van der Waals surface area contributed by atoms with Gasteiger partial charge in [-0.15, -0.1) is 0 Å². The lowest BCUT2D eigenvalue weighted by Crippen LogP contribution is -2.31. The van der Waals surface area contributed by atoms with Gasteiger partial charge in [-0.2, -0.15) is 0 Å². The zero-order chi connectivity index (χ0) is 19.3. The minimum Gasteiger partial charge on any atom is -0.326 e. The van der Waals surface area contributed by atoms with Gasteiger partial charge in [0.25, 0.3) is 0 Å². The fourth-order valence-electron chi connectivity index (χ4n) is 2.51. The van der Waals surface area contributed by atoms with Crippen LogP contribution in [0.5, 0.6) is 0 Å². The number of halogens is 1. The molecule has 1 N–H and O–H groups in total. The number of rotatable bonds is 7. The third-order valence-corrected chi connectivity index (χ3v) is 5.52. The van der Waals surface area contributed by atoms with E-state index in [1.54, 1.807) is 30.3 Å². The Kier molecular flexibility index (Phi) is 6.67. The van der Waals surface area contributed by atoms with Gasteiger partial charge in [0, 0.05) is 23.7 Å². The van der Waals surface area contributed by atoms with Crippen molar-refractivity contribution in [3.63, 3.8) is 0 Å². The van der Waals surface area contributed by atoms with Gasteiger partial charge in [-0.1, -0.05) is 17.7 Å². The van der Waals surface area contributed by atoms with Gasteiger partial charge in [0.15, 0.2) is 0 Å². The predicted octanol–water partition coefficient (Wildman–Crippen LogP) is 4.14. The molecule has 0 radical (unpaired) electrons. The molecule has 0 spiro atoms. The van der Waals surface area contributed by atoms with Gasteiger partial charge < -0.3 is 5.32 Å². The van der Waals surface area contributed by atoms with Crippen LogP contribution in [0.3, 0.4) is 0 Å². The first-order valence-electron chi connectivity index (χ1n) is 8.27. The molecule has 0 aromatic heterocycles. The minimum atomic E-state index is -3.42. The molecule has 2 aromatic rings. The summed E-state index contributed by atoms with van der Waals surface area (Å²) >= 11 is 5.81. The van der Waals surface area contributed by atoms with E-state index in [0.29, 0.717) is 22.8 Å². The van der Waals surface area contributed by atoms with E-state index in [2.05, 4.69) is 5.32 Å². The van der Waals surface area contributed by atoms with Crippen molar-refractivity contribution in [2.75, 3.05) is 22.4 Å². The van der Waals surface area contributed by atoms with Crippen LogP contribution in [-0.4, -0.2) is 27.1 Å². The Morgan fingerprint density at radius 2 is 1.73 bits per heavy atom. The molecule has 0 saturated carbocycles. The van der Waals surface area contributed by atoms with Crippen LogP contribution < -0.4 is 9.62 Å². The van der Waals surface area contributed by atoms with Crippen molar-refractivity contribution in [3.05, 3.63) is 58.6 Å². The Labute approximate surface area is 160 Å². The smallest absolute Gasteiger partial charge is 0.232 e. The molecule has 140 valence electrons. The molecule has 0 aliphatic carbocycles. The lowest BCUT2D eigenvalue weighted by Gasteiger charge is -2.23. The monoisotopic (exact) mass is 394 g/mol. The number of hydrogen-bond donors (Lipinski definition) is 1. The van der Waals surface area contributed by atoms with Crippen LogP contribution in [0, 0.1) is 13.8 Å². The van der Waals surface area contributed by atoms with E-state index < -0.39 is 10.0 Å². The summed E-state index contributed by atoms with van der Waals surface area (Å²) in [6.45, 7) is 4.17. The van der Waals surface area contributed by atoms with Crippen LogP contribution in [0.25, 0.3) is 0 Å². The fraction of sp³-hybridized carbons (Fsp3) is 0.316. The first-order valence-corrected chi connectivity index (χ1v) is 10.5. The van der Waals surface area contributed by atoms with Gasteiger partial charge in [-0.3, -0.25) is 9.10 Å². The number of nitrogens with zero attached hydrogens (tertiary/aromatic N) is 1. The maximum Gasteiger partial charge on any atom is 0.232 e. The van der Waals surface area contributed by atoms with Gasteiger partial charge in [0.2, 0.25) is 15.9 Å². The topological polar surface area (TPSA) is 66.5 Å². The summed E-state index contributed by atoms with van der Waals surface area (Å²) in [5.74, 6) is -0.166. The van der Waals surface area contributed by atoms with E-state index in [4.69, 9.17) is 11.6 Å². The summed E-state index contributed by atoms with van der Waals surface area (Å²) in [5, 5.41) is 3.37. The first kappa shape index (κ1) is 20.3. The zero-order valence-electron chi connectivity index (χ0n) is 15.1. The number of carbonyl (C=O) groups is 1. The van der Waals surface area contributed by atoms with Crippen molar-refractivity contribution in [2.45, 2.75) is 26.7 Å². The average Bonchev–Trinajstić information content (AvgIpc) is 2.55. The largest absolute Gasteiger partial charge is 0.326 e. The Morgan fingerprint density at radius 1 is 1.08 bits per heavy atom. The summed E-state index contributed by atoms with van der Waals surface area (Å²) in [4.78, 5) is 12.1. The third kappa shape index (κ3) is 5.75. The predicted molar refractivity (Wildman–Crippen MR) is 107 cm³/mol. The number of sulfonamides is 1. The number of anilines is 2. The molecule has 0 saturated heterocycles. The van der Waals surface area contributed by atoms with Crippen molar-refractivity contribution in [3.8, 4) is 0 Å². The third-order valence-electron chi connectivity index (χ3n) is 4.07. The molecule has 0 heterocycles. The van der Waals surface area contributed by atoms with Gasteiger partial charge in [-0.25, -0.2) is 8.42 Å². The maximum absolute atomic E-state index is 12.1. The summed E-state index contributed by atoms with van der Waals surface area (Å²) in [7, 11) is -3.42. The van der Waals surface area contributed by atoms with E-state index in [1.165, 1.54) is 10.6 Å². The van der Waals surface area contributed by atoms with Crippen LogP contribution in [0.1, 0.15) is 24.0 Å². The molecular weight excluding hydrogens is 372 g/mol. The zero-order valence-corrected chi connectivity index (χ0v) is 16.7. The lowest BCUT2D eigenvalue weighted by atomic mass is 10.1. The highest BCUT2D eigenvalue weighted by atomic mass is 35.5. The molecule has 2 rings (SSSR count). The second-order valence-corrected chi connectivity index (χ2v) is 8.61. The molecular formula is C19H23ClN2O3S. The molecule has 2 aromatic carbocycles. The van der Waals surface area contributed by atoms with E-state index >= 15 is 0 Å². The number of aryl methyl sites for hydroxylation is 2. The SMILES string of the molecule is Cc1ccc(N(CCCC(=O)Nc2ccc(Cl)cc2)S(C)(=O)=O)cc1C. The van der Waals surface area contributed by atoms with Crippen molar-refractivity contribution in [2.24, 2.45) is 0 Å². The van der Waals surface area contributed by atoms with E-state index in [0.717, 1.165) is 11.1 Å². The molecule has 0 unspecified atom stereocenters. The van der Waals surface area contributed by atoms with Crippen LogP contribution in [-0.2, 0) is 14.8 Å². The van der Waals surface area contributed by atoms with Gasteiger partial charge in [0.1, 0.15) is 0 Å². The minimum absolute atomic E-state index is 0.166. The molecule has 5 nitrogen and oxygen atoms in total. The summed E-state index contributed by atoms with van der Waals surface area (Å²) in [5.41, 5.74) is 3.41. The van der Waals surface area contributed by atoms with E-state index in [9.17, 15) is 13.2 Å². The van der Waals surface area contributed by atoms with Crippen LogP contribution in [0.15, 0.2) is 42.5 Å². The van der Waals surface area contributed by atoms with Crippen molar-refractivity contribution < 1.29 is 13.2 Å². The van der Waals surface area contributed by atoms with Gasteiger partial charge >= 0.3 is 0 Å². The number of benzene rings is 2. The highest BCUT2D eigenvalue weighted by Crippen LogP contribution is 2.22. The highest BCUT2D eigenvalue weighted by Gasteiger charge is 2.18. The molecule has 1 amide bonds. The Hall–Kier alpha value is -2.05. The lowest BCUT2D eigenvalue weighted by molar-refractivity contribution is -0.116. The second-order valence-electron chi connectivity index (χ2n) is 6.26. The molecule has 0 atom stereocenters. The number of amides is 1. The Balaban J connectivity index is 1.98. The fourth-order valence-corrected chi connectivity index (χ4v) is 3.59. The van der Waals surface area contributed by atoms with Crippen molar-refractivity contribution in [1.82, 2.24) is 0 Å². The summed E-state index contributed by atoms with van der Waals surface area (Å²) < 4.78 is 25.6. The molecule has 0 aliphatic heterocycles. The number of nitrogens with one attached hydrogen (secondary N) is 1. The van der Waals surface area contributed by atoms with Gasteiger partial charge in [-0.05, 0) is 67.8 Å². The summed E-state index contributed by atoms with van der Waals surface area (Å²) in [6, 6.07) is 12.4. The van der Waals surface area contributed by atoms with Crippen LogP contribution in [0.4, 0.5) is 11.4 Å². The quantitative estimate of drug-likeness (QED) is 0.767. The normalized spacial score (nSPS) is 11.2. The van der Waals surface area contributed by atoms with E-state index in [-0.39, 0.29) is 18.9 Å². The Morgan fingerprint density at radius 3 is 2.31 bits per heavy atom.